The van der Waals surface area contributed by atoms with Crippen LogP contribution in [0.4, 0.5) is 0 Å². The van der Waals surface area contributed by atoms with Crippen molar-refractivity contribution in [1.82, 2.24) is 0 Å². The fraction of sp³-hybridized carbons (Fsp3) is 0.351. The highest BCUT2D eigenvalue weighted by molar-refractivity contribution is 5.60. The molecule has 4 aromatic carbocycles. The number of benzene rings is 4. The second kappa shape index (κ2) is 12.2. The number of nitrogens with one attached hydrogen (secondary N) is 1. The number of fused-ring (bicyclic) bond motifs is 2. The molecule has 0 aliphatic carbocycles. The van der Waals surface area contributed by atoms with E-state index < -0.39 is 0 Å². The van der Waals surface area contributed by atoms with E-state index in [1.807, 2.05) is 37.3 Å². The van der Waals surface area contributed by atoms with Crippen LogP contribution in [0.3, 0.4) is 0 Å². The Hall–Kier alpha value is -4.40. The Morgan fingerprint density at radius 3 is 2.29 bits per heavy atom. The van der Waals surface area contributed by atoms with Gasteiger partial charge in [-0.05, 0) is 71.6 Å². The Labute approximate surface area is 265 Å². The highest BCUT2D eigenvalue weighted by Crippen LogP contribution is 2.46. The number of aryl methyl sites for hydroxylation is 1. The van der Waals surface area contributed by atoms with Crippen LogP contribution in [0.25, 0.3) is 0 Å². The molecule has 45 heavy (non-hydrogen) atoms. The van der Waals surface area contributed by atoms with Gasteiger partial charge in [0, 0.05) is 24.8 Å². The standard InChI is InChI=1S/C37H42N2O6/c1-23-7-12-31(40)32(17-23)45-34-21-28-25(19-33(34)42-5)13-15-38(2)30(28)18-24-8-10-27(11-9-24)44-37-29-22-39(3,4)16-14-26(29)20-35(43-6)36(37)41/h7-12,17,19-21,30H,13-16,18,22H2,1-6H3,(H-,40,41)/p+2. The summed E-state index contributed by atoms with van der Waals surface area (Å²) in [6.07, 6.45) is 2.67. The highest BCUT2D eigenvalue weighted by atomic mass is 16.5. The van der Waals surface area contributed by atoms with Crippen molar-refractivity contribution >= 4 is 0 Å². The maximum absolute atomic E-state index is 11.1. The first-order chi connectivity index (χ1) is 21.5. The molecule has 0 bridgehead atoms. The summed E-state index contributed by atoms with van der Waals surface area (Å²) in [5.41, 5.74) is 6.85. The van der Waals surface area contributed by atoms with Crippen molar-refractivity contribution in [1.29, 1.82) is 0 Å². The predicted molar refractivity (Wildman–Crippen MR) is 173 cm³/mol. The average Bonchev–Trinajstić information content (AvgIpc) is 3.02. The number of aromatic hydroxyl groups is 2. The van der Waals surface area contributed by atoms with Crippen molar-refractivity contribution in [3.8, 4) is 46.0 Å². The quantitative estimate of drug-likeness (QED) is 0.228. The molecule has 0 fully saturated rings. The van der Waals surface area contributed by atoms with Gasteiger partial charge in [0.15, 0.2) is 34.5 Å². The highest BCUT2D eigenvalue weighted by Gasteiger charge is 2.32. The minimum Gasteiger partial charge on any atom is -0.504 e. The number of phenolic OH excluding ortho intramolecular Hbond substituents is 2. The average molecular weight is 613 g/mol. The summed E-state index contributed by atoms with van der Waals surface area (Å²) in [6, 6.07) is 19.8. The molecule has 0 aromatic heterocycles. The summed E-state index contributed by atoms with van der Waals surface area (Å²) in [6.45, 7) is 4.77. The fourth-order valence-electron chi connectivity index (χ4n) is 6.63. The smallest absolute Gasteiger partial charge is 0.201 e. The molecule has 0 saturated heterocycles. The Bertz CT molecular complexity index is 1720. The number of phenols is 2. The number of quaternary nitrogens is 2. The van der Waals surface area contributed by atoms with Gasteiger partial charge in [-0.3, -0.25) is 0 Å². The van der Waals surface area contributed by atoms with Gasteiger partial charge >= 0.3 is 0 Å². The number of hydrogen-bond acceptors (Lipinski definition) is 6. The monoisotopic (exact) mass is 612 g/mol. The Kier molecular flexibility index (Phi) is 8.29. The molecule has 2 aliphatic rings. The maximum atomic E-state index is 11.1. The summed E-state index contributed by atoms with van der Waals surface area (Å²) in [4.78, 5) is 1.42. The first-order valence-corrected chi connectivity index (χ1v) is 15.6. The van der Waals surface area contributed by atoms with E-state index in [1.54, 1.807) is 20.3 Å². The summed E-state index contributed by atoms with van der Waals surface area (Å²) < 4.78 is 24.6. The lowest BCUT2D eigenvalue weighted by Gasteiger charge is -2.35. The number of ether oxygens (including phenoxy) is 4. The molecule has 2 heterocycles. The van der Waals surface area contributed by atoms with Gasteiger partial charge in [-0.25, -0.2) is 0 Å². The van der Waals surface area contributed by atoms with E-state index in [0.717, 1.165) is 60.1 Å². The second-order valence-electron chi connectivity index (χ2n) is 13.1. The van der Waals surface area contributed by atoms with E-state index in [0.29, 0.717) is 34.5 Å². The molecule has 4 aromatic rings. The molecule has 0 amide bonds. The first kappa shape index (κ1) is 30.6. The van der Waals surface area contributed by atoms with Crippen LogP contribution in [0, 0.1) is 6.92 Å². The number of hydrogen-bond donors (Lipinski definition) is 3. The minimum atomic E-state index is 0.0405. The summed E-state index contributed by atoms with van der Waals surface area (Å²) in [7, 11) is 9.85. The number of rotatable bonds is 8. The molecule has 0 spiro atoms. The lowest BCUT2D eigenvalue weighted by atomic mass is 9.88. The van der Waals surface area contributed by atoms with Crippen molar-refractivity contribution in [3.63, 3.8) is 0 Å². The summed E-state index contributed by atoms with van der Waals surface area (Å²) >= 11 is 0. The molecule has 236 valence electrons. The molecule has 2 aliphatic heterocycles. The van der Waals surface area contributed by atoms with Gasteiger partial charge in [-0.2, -0.15) is 0 Å². The molecule has 8 nitrogen and oxygen atoms in total. The van der Waals surface area contributed by atoms with Crippen LogP contribution >= 0.6 is 0 Å². The predicted octanol–water partition coefficient (Wildman–Crippen LogP) is 5.50. The zero-order chi connectivity index (χ0) is 31.9. The van der Waals surface area contributed by atoms with E-state index in [2.05, 4.69) is 45.4 Å². The minimum absolute atomic E-state index is 0.0405. The van der Waals surface area contributed by atoms with E-state index in [9.17, 15) is 10.2 Å². The normalized spacial score (nSPS) is 18.4. The molecule has 0 radical (unpaired) electrons. The van der Waals surface area contributed by atoms with Gasteiger partial charge in [-0.15, -0.1) is 0 Å². The van der Waals surface area contributed by atoms with Gasteiger partial charge in [-0.1, -0.05) is 18.2 Å². The van der Waals surface area contributed by atoms with Crippen molar-refractivity contribution < 1.29 is 38.5 Å². The molecule has 2 atom stereocenters. The van der Waals surface area contributed by atoms with Gasteiger partial charge < -0.3 is 38.5 Å². The topological polar surface area (TPSA) is 81.8 Å². The number of methoxy groups -OCH3 is 2. The van der Waals surface area contributed by atoms with Crippen LogP contribution < -0.4 is 23.8 Å². The third kappa shape index (κ3) is 6.26. The van der Waals surface area contributed by atoms with Gasteiger partial charge in [0.1, 0.15) is 18.3 Å². The zero-order valence-corrected chi connectivity index (χ0v) is 27.1. The first-order valence-electron chi connectivity index (χ1n) is 15.6. The Morgan fingerprint density at radius 1 is 0.822 bits per heavy atom. The molecular weight excluding hydrogens is 568 g/mol. The van der Waals surface area contributed by atoms with Crippen LogP contribution in [-0.4, -0.2) is 63.1 Å². The lowest BCUT2D eigenvalue weighted by Crippen LogP contribution is -3.10. The molecular formula is C37H44N2O6+2. The molecule has 3 N–H and O–H groups in total. The Balaban J connectivity index is 1.26. The third-order valence-corrected chi connectivity index (χ3v) is 9.31. The third-order valence-electron chi connectivity index (χ3n) is 9.31. The van der Waals surface area contributed by atoms with Crippen molar-refractivity contribution in [2.75, 3.05) is 48.5 Å². The van der Waals surface area contributed by atoms with Crippen molar-refractivity contribution in [2.45, 2.75) is 38.8 Å². The SMILES string of the molecule is COc1cc2c(cc1Oc1cc(C)ccc1O)C(Cc1ccc(Oc3c(O)c(OC)cc4c3C[N+](C)(C)CC4)cc1)[NH+](C)CC2. The number of nitrogens with zero attached hydrogens (tertiary/aromatic N) is 1. The number of likely N-dealkylation sites (N-methyl/N-ethyl adjacent to an activating group) is 2. The van der Waals surface area contributed by atoms with Crippen LogP contribution in [-0.2, 0) is 25.8 Å². The Morgan fingerprint density at radius 2 is 1.56 bits per heavy atom. The zero-order valence-electron chi connectivity index (χ0n) is 27.1. The van der Waals surface area contributed by atoms with E-state index in [-0.39, 0.29) is 17.5 Å². The summed E-state index contributed by atoms with van der Waals surface area (Å²) in [5, 5.41) is 21.5. The van der Waals surface area contributed by atoms with Gasteiger partial charge in [0.25, 0.3) is 0 Å². The van der Waals surface area contributed by atoms with Gasteiger partial charge in [0.05, 0.1) is 54.0 Å². The largest absolute Gasteiger partial charge is 0.504 e. The van der Waals surface area contributed by atoms with Crippen LogP contribution in [0.2, 0.25) is 0 Å². The van der Waals surface area contributed by atoms with Crippen molar-refractivity contribution in [3.05, 3.63) is 94.0 Å². The van der Waals surface area contributed by atoms with Crippen LogP contribution in [0.1, 0.15) is 39.4 Å². The second-order valence-corrected chi connectivity index (χ2v) is 13.1. The summed E-state index contributed by atoms with van der Waals surface area (Å²) in [5.74, 6) is 3.36. The van der Waals surface area contributed by atoms with E-state index in [4.69, 9.17) is 18.9 Å². The van der Waals surface area contributed by atoms with E-state index in [1.165, 1.54) is 21.6 Å². The maximum Gasteiger partial charge on any atom is 0.201 e. The fourth-order valence-corrected chi connectivity index (χ4v) is 6.63. The van der Waals surface area contributed by atoms with E-state index >= 15 is 0 Å². The molecule has 0 saturated carbocycles. The molecule has 6 rings (SSSR count). The lowest BCUT2D eigenvalue weighted by molar-refractivity contribution is -0.914. The van der Waals surface area contributed by atoms with Crippen LogP contribution in [0.5, 0.6) is 46.0 Å². The van der Waals surface area contributed by atoms with Crippen LogP contribution in [0.15, 0.2) is 60.7 Å². The van der Waals surface area contributed by atoms with Gasteiger partial charge in [0.2, 0.25) is 5.75 Å². The molecule has 2 unspecified atom stereocenters. The van der Waals surface area contributed by atoms with Crippen molar-refractivity contribution in [2.24, 2.45) is 0 Å². The molecule has 8 heteroatoms.